The minimum absolute atomic E-state index is 0.0624. The van der Waals surface area contributed by atoms with E-state index in [0.29, 0.717) is 17.9 Å². The lowest BCUT2D eigenvalue weighted by Crippen LogP contribution is -2.47. The minimum atomic E-state index is -1.81. The van der Waals surface area contributed by atoms with Crippen molar-refractivity contribution in [1.29, 1.82) is 5.41 Å². The maximum atomic E-state index is 7.68. The first-order valence-electron chi connectivity index (χ1n) is 6.26. The van der Waals surface area contributed by atoms with Gasteiger partial charge in [-0.25, -0.2) is 0 Å². The van der Waals surface area contributed by atoms with Crippen molar-refractivity contribution in [3.63, 3.8) is 0 Å². The fraction of sp³-hybridized carbons (Fsp3) is 0.917. The summed E-state index contributed by atoms with van der Waals surface area (Å²) in [5.74, 6) is 0.218. The lowest BCUT2D eigenvalue weighted by atomic mass is 9.74. The first kappa shape index (κ1) is 13.3. The van der Waals surface area contributed by atoms with E-state index in [-0.39, 0.29) is 11.3 Å². The van der Waals surface area contributed by atoms with E-state index in [1.807, 2.05) is 0 Å². The van der Waals surface area contributed by atoms with Crippen molar-refractivity contribution in [2.45, 2.75) is 42.7 Å². The van der Waals surface area contributed by atoms with Gasteiger partial charge in [0, 0.05) is 5.41 Å². The third-order valence-corrected chi connectivity index (χ3v) is 5.46. The molecule has 102 valence electrons. The van der Waals surface area contributed by atoms with Crippen LogP contribution in [0.25, 0.3) is 0 Å². The summed E-state index contributed by atoms with van der Waals surface area (Å²) in [6, 6.07) is 0. The van der Waals surface area contributed by atoms with Gasteiger partial charge in [0.15, 0.2) is 0 Å². The zero-order chi connectivity index (χ0) is 13.2. The number of fused-ring (bicyclic) bond motifs is 1. The number of hydrogen-bond acceptors (Lipinski definition) is 3. The van der Waals surface area contributed by atoms with Crippen molar-refractivity contribution in [2.24, 2.45) is 16.7 Å². The Hall–Kier alpha value is 0.300. The molecule has 1 saturated heterocycles. The molecule has 1 aliphatic heterocycles. The summed E-state index contributed by atoms with van der Waals surface area (Å²) in [5.41, 5.74) is 0.413. The number of rotatable bonds is 1. The molecule has 0 aromatic carbocycles. The summed E-state index contributed by atoms with van der Waals surface area (Å²) >= 11 is 17.0. The van der Waals surface area contributed by atoms with E-state index in [9.17, 15) is 0 Å². The summed E-state index contributed by atoms with van der Waals surface area (Å²) in [6.07, 6.45) is 4.24. The Bertz CT molecular complexity index is 385. The largest absolute Gasteiger partial charge is 0.447 e. The molecule has 1 unspecified atom stereocenters. The van der Waals surface area contributed by atoms with Gasteiger partial charge in [-0.05, 0) is 37.0 Å². The molecule has 3 nitrogen and oxygen atoms in total. The van der Waals surface area contributed by atoms with Crippen LogP contribution in [-0.2, 0) is 9.47 Å². The van der Waals surface area contributed by atoms with Gasteiger partial charge in [0.2, 0.25) is 12.2 Å². The van der Waals surface area contributed by atoms with Gasteiger partial charge in [-0.15, -0.1) is 0 Å². The molecule has 1 N–H and O–H groups in total. The number of ether oxygens (including phenoxy) is 2. The summed E-state index contributed by atoms with van der Waals surface area (Å²) in [6.45, 7) is 2.91. The normalized spacial score (nSPS) is 35.6. The Labute approximate surface area is 122 Å². The summed E-state index contributed by atoms with van der Waals surface area (Å²) < 4.78 is 9.49. The second-order valence-electron chi connectivity index (χ2n) is 5.82. The highest BCUT2D eigenvalue weighted by atomic mass is 35.6. The monoisotopic (exact) mass is 311 g/mol. The molecule has 0 aromatic heterocycles. The van der Waals surface area contributed by atoms with Crippen molar-refractivity contribution >= 4 is 40.7 Å². The number of alkyl halides is 3. The molecule has 3 aliphatic rings. The maximum absolute atomic E-state index is 7.68. The van der Waals surface area contributed by atoms with Gasteiger partial charge in [-0.1, -0.05) is 41.7 Å². The highest BCUT2D eigenvalue weighted by Gasteiger charge is 2.74. The molecule has 6 heteroatoms. The smallest absolute Gasteiger partial charge is 0.265 e. The van der Waals surface area contributed by atoms with Gasteiger partial charge >= 0.3 is 0 Å². The van der Waals surface area contributed by atoms with Crippen molar-refractivity contribution in [3.8, 4) is 0 Å². The Kier molecular flexibility index (Phi) is 2.88. The van der Waals surface area contributed by atoms with Crippen LogP contribution in [0.1, 0.15) is 32.6 Å². The van der Waals surface area contributed by atoms with Gasteiger partial charge in [0.05, 0.1) is 6.61 Å². The van der Waals surface area contributed by atoms with Crippen LogP contribution in [0.5, 0.6) is 0 Å². The summed E-state index contributed by atoms with van der Waals surface area (Å²) in [7, 11) is 0. The van der Waals surface area contributed by atoms with Crippen molar-refractivity contribution in [3.05, 3.63) is 0 Å². The van der Waals surface area contributed by atoms with Crippen LogP contribution in [0.2, 0.25) is 0 Å². The molecule has 0 radical (unpaired) electrons. The Balaban J connectivity index is 1.76. The highest BCUT2D eigenvalue weighted by molar-refractivity contribution is 6.76. The van der Waals surface area contributed by atoms with E-state index in [1.54, 1.807) is 0 Å². The van der Waals surface area contributed by atoms with E-state index < -0.39 is 10.1 Å². The molecular formula is C12H16Cl3NO2. The zero-order valence-electron chi connectivity index (χ0n) is 10.1. The lowest BCUT2D eigenvalue weighted by Gasteiger charge is -2.43. The number of halogens is 3. The van der Waals surface area contributed by atoms with Gasteiger partial charge in [0.1, 0.15) is 0 Å². The zero-order valence-corrected chi connectivity index (χ0v) is 12.4. The summed E-state index contributed by atoms with van der Waals surface area (Å²) in [5, 5.41) is 7.68. The van der Waals surface area contributed by atoms with Crippen LogP contribution in [0.4, 0.5) is 0 Å². The van der Waals surface area contributed by atoms with Crippen LogP contribution in [0, 0.1) is 22.2 Å². The third-order valence-electron chi connectivity index (χ3n) is 4.94. The van der Waals surface area contributed by atoms with Crippen LogP contribution >= 0.6 is 34.8 Å². The third kappa shape index (κ3) is 1.78. The molecule has 2 saturated carbocycles. The molecule has 2 aliphatic carbocycles. The van der Waals surface area contributed by atoms with E-state index in [4.69, 9.17) is 49.7 Å². The Morgan fingerprint density at radius 2 is 1.78 bits per heavy atom. The second-order valence-corrected chi connectivity index (χ2v) is 8.10. The SMILES string of the molecule is C[C@H]1COC(OC(=N)C(Cl)(Cl)Cl)C2(CC2)C12CC2. The molecule has 2 atom stereocenters. The number of nitrogens with one attached hydrogen (secondary N) is 1. The van der Waals surface area contributed by atoms with Crippen LogP contribution in [0.3, 0.4) is 0 Å². The molecule has 1 heterocycles. The quantitative estimate of drug-likeness (QED) is 0.453. The van der Waals surface area contributed by atoms with Crippen molar-refractivity contribution in [2.75, 3.05) is 6.61 Å². The number of hydrogen-bond donors (Lipinski definition) is 1. The topological polar surface area (TPSA) is 42.3 Å². The molecule has 0 amide bonds. The predicted molar refractivity (Wildman–Crippen MR) is 71.3 cm³/mol. The first-order valence-corrected chi connectivity index (χ1v) is 7.39. The molecule has 0 bridgehead atoms. The molecule has 2 spiro atoms. The highest BCUT2D eigenvalue weighted by Crippen LogP contribution is 2.77. The van der Waals surface area contributed by atoms with Crippen molar-refractivity contribution < 1.29 is 9.47 Å². The van der Waals surface area contributed by atoms with Gasteiger partial charge in [0.25, 0.3) is 3.79 Å². The lowest BCUT2D eigenvalue weighted by molar-refractivity contribution is -0.207. The average molecular weight is 313 g/mol. The van der Waals surface area contributed by atoms with Crippen molar-refractivity contribution in [1.82, 2.24) is 0 Å². The summed E-state index contributed by atoms with van der Waals surface area (Å²) in [4.78, 5) is 0. The first-order chi connectivity index (χ1) is 8.32. The van der Waals surface area contributed by atoms with Gasteiger partial charge < -0.3 is 9.47 Å². The molecule has 3 fully saturated rings. The second kappa shape index (κ2) is 3.91. The molecule has 3 rings (SSSR count). The van der Waals surface area contributed by atoms with E-state index in [0.717, 1.165) is 12.8 Å². The fourth-order valence-electron chi connectivity index (χ4n) is 3.59. The predicted octanol–water partition coefficient (Wildman–Crippen LogP) is 3.90. The molecule has 0 aromatic rings. The van der Waals surface area contributed by atoms with Crippen LogP contribution in [-0.4, -0.2) is 22.6 Å². The van der Waals surface area contributed by atoms with E-state index in [2.05, 4.69) is 6.92 Å². The molecule has 18 heavy (non-hydrogen) atoms. The standard InChI is InChI=1S/C12H16Cl3NO2/c1-7-6-17-9(18-8(16)12(13,14)15)11(4-5-11)10(7)2-3-10/h7,9,16H,2-6H2,1H3/t7-,9?/m0/s1. The Morgan fingerprint density at radius 3 is 2.22 bits per heavy atom. The van der Waals surface area contributed by atoms with Gasteiger partial charge in [-0.3, -0.25) is 5.41 Å². The minimum Gasteiger partial charge on any atom is -0.447 e. The average Bonchev–Trinajstić information content (AvgIpc) is 3.11. The van der Waals surface area contributed by atoms with Gasteiger partial charge in [-0.2, -0.15) is 0 Å². The maximum Gasteiger partial charge on any atom is 0.265 e. The fourth-order valence-corrected chi connectivity index (χ4v) is 3.72. The molecular weight excluding hydrogens is 296 g/mol. The van der Waals surface area contributed by atoms with Crippen LogP contribution in [0.15, 0.2) is 0 Å². The van der Waals surface area contributed by atoms with E-state index >= 15 is 0 Å². The Morgan fingerprint density at radius 1 is 1.22 bits per heavy atom. The van der Waals surface area contributed by atoms with Crippen LogP contribution < -0.4 is 0 Å². The van der Waals surface area contributed by atoms with E-state index in [1.165, 1.54) is 12.8 Å².